The molecular formula is C18H11F5N6O2. The molecule has 0 spiro atoms. The van der Waals surface area contributed by atoms with Crippen LogP contribution in [-0.4, -0.2) is 26.2 Å². The summed E-state index contributed by atoms with van der Waals surface area (Å²) in [6.07, 6.45) is -0.248. The lowest BCUT2D eigenvalue weighted by atomic mass is 10.2. The molecule has 4 N–H and O–H groups in total. The fraction of sp³-hybridized carbons (Fsp3) is 0.0556. The first-order valence-corrected chi connectivity index (χ1v) is 8.49. The predicted octanol–water partition coefficient (Wildman–Crippen LogP) is 5.02. The van der Waals surface area contributed by atoms with Crippen molar-refractivity contribution in [3.05, 3.63) is 60.2 Å². The monoisotopic (exact) mass is 438 g/mol. The Hall–Kier alpha value is -4.16. The largest absolute Gasteiger partial charge is 0.450 e. The summed E-state index contributed by atoms with van der Waals surface area (Å²) < 4.78 is 73.8. The first-order chi connectivity index (χ1) is 14.7. The first kappa shape index (κ1) is 20.1. The van der Waals surface area contributed by atoms with Crippen LogP contribution in [-0.2, 0) is 6.18 Å². The van der Waals surface area contributed by atoms with Crippen molar-refractivity contribution < 1.29 is 31.5 Å². The maximum absolute atomic E-state index is 14.5. The highest BCUT2D eigenvalue weighted by atomic mass is 19.4. The van der Waals surface area contributed by atoms with Crippen LogP contribution in [0.5, 0.6) is 11.5 Å². The van der Waals surface area contributed by atoms with Gasteiger partial charge in [-0.1, -0.05) is 0 Å². The minimum Gasteiger partial charge on any atom is -0.450 e. The lowest BCUT2D eigenvalue weighted by Gasteiger charge is -2.13. The van der Waals surface area contributed by atoms with Gasteiger partial charge in [-0.05, 0) is 6.07 Å². The summed E-state index contributed by atoms with van der Waals surface area (Å²) in [5.74, 6) is -3.88. The predicted molar refractivity (Wildman–Crippen MR) is 98.8 cm³/mol. The van der Waals surface area contributed by atoms with Crippen LogP contribution in [0.3, 0.4) is 0 Å². The summed E-state index contributed by atoms with van der Waals surface area (Å²) in [5.41, 5.74) is -1.20. The van der Waals surface area contributed by atoms with Crippen molar-refractivity contribution in [3.8, 4) is 11.5 Å². The third-order valence-electron chi connectivity index (χ3n) is 4.06. The molecule has 0 atom stereocenters. The normalized spacial score (nSPS) is 11.5. The molecule has 160 valence electrons. The Bertz CT molecular complexity index is 1230. The second-order valence-electron chi connectivity index (χ2n) is 6.17. The molecule has 0 radical (unpaired) electrons. The number of halogens is 5. The van der Waals surface area contributed by atoms with Crippen molar-refractivity contribution in [2.75, 3.05) is 10.6 Å². The Morgan fingerprint density at radius 2 is 1.77 bits per heavy atom. The van der Waals surface area contributed by atoms with Gasteiger partial charge in [-0.15, -0.1) is 0 Å². The van der Waals surface area contributed by atoms with Crippen LogP contribution in [0.2, 0.25) is 0 Å². The van der Waals surface area contributed by atoms with Gasteiger partial charge in [0.2, 0.25) is 0 Å². The molecule has 0 saturated heterocycles. The van der Waals surface area contributed by atoms with E-state index < -0.39 is 46.3 Å². The molecular weight excluding hydrogens is 427 g/mol. The van der Waals surface area contributed by atoms with Gasteiger partial charge in [-0.2, -0.15) is 18.3 Å². The first-order valence-electron chi connectivity index (χ1n) is 8.49. The Morgan fingerprint density at radius 3 is 2.42 bits per heavy atom. The van der Waals surface area contributed by atoms with Crippen LogP contribution >= 0.6 is 0 Å². The SMILES string of the molecule is O=C(Nc1cn[nH]c1)Nc1cc(F)c(Oc2ccnc3[nH]cc(C(F)(F)F)c23)c(F)c1. The Morgan fingerprint density at radius 1 is 1.06 bits per heavy atom. The third kappa shape index (κ3) is 4.10. The number of nitrogens with zero attached hydrogens (tertiary/aromatic N) is 2. The summed E-state index contributed by atoms with van der Waals surface area (Å²) in [5, 5.41) is 10.2. The van der Waals surface area contributed by atoms with E-state index in [1.165, 1.54) is 12.4 Å². The van der Waals surface area contributed by atoms with Gasteiger partial charge in [0.1, 0.15) is 11.4 Å². The summed E-state index contributed by atoms with van der Waals surface area (Å²) in [7, 11) is 0. The number of anilines is 2. The molecule has 31 heavy (non-hydrogen) atoms. The fourth-order valence-corrected chi connectivity index (χ4v) is 2.79. The Balaban J connectivity index is 1.61. The number of nitrogens with one attached hydrogen (secondary N) is 4. The minimum atomic E-state index is -4.74. The molecule has 13 heteroatoms. The number of H-pyrrole nitrogens is 2. The maximum atomic E-state index is 14.5. The van der Waals surface area contributed by atoms with Crippen LogP contribution in [0.25, 0.3) is 11.0 Å². The number of aromatic amines is 2. The molecule has 4 aromatic rings. The average Bonchev–Trinajstić information content (AvgIpc) is 3.34. The van der Waals surface area contributed by atoms with E-state index in [0.29, 0.717) is 11.9 Å². The van der Waals surface area contributed by atoms with Gasteiger partial charge in [-0.3, -0.25) is 5.10 Å². The second kappa shape index (κ2) is 7.59. The maximum Gasteiger partial charge on any atom is 0.418 e. The molecule has 0 bridgehead atoms. The number of rotatable bonds is 4. The van der Waals surface area contributed by atoms with E-state index in [9.17, 15) is 26.7 Å². The number of alkyl halides is 3. The lowest BCUT2D eigenvalue weighted by molar-refractivity contribution is -0.136. The van der Waals surface area contributed by atoms with Gasteiger partial charge < -0.3 is 20.4 Å². The highest BCUT2D eigenvalue weighted by Crippen LogP contribution is 2.40. The van der Waals surface area contributed by atoms with E-state index in [4.69, 9.17) is 4.74 Å². The number of hydrogen-bond acceptors (Lipinski definition) is 4. The molecule has 3 heterocycles. The lowest BCUT2D eigenvalue weighted by Crippen LogP contribution is -2.19. The van der Waals surface area contributed by atoms with Crippen LogP contribution in [0.4, 0.5) is 38.1 Å². The van der Waals surface area contributed by atoms with E-state index >= 15 is 0 Å². The molecule has 8 nitrogen and oxygen atoms in total. The van der Waals surface area contributed by atoms with Crippen LogP contribution in [0.1, 0.15) is 5.56 Å². The number of ether oxygens (including phenoxy) is 1. The zero-order chi connectivity index (χ0) is 22.2. The highest BCUT2D eigenvalue weighted by Gasteiger charge is 2.35. The van der Waals surface area contributed by atoms with Gasteiger partial charge in [0.25, 0.3) is 0 Å². The summed E-state index contributed by atoms with van der Waals surface area (Å²) in [6.45, 7) is 0. The number of hydrogen-bond donors (Lipinski definition) is 4. The van der Waals surface area contributed by atoms with Crippen LogP contribution in [0.15, 0.2) is 43.0 Å². The topological polar surface area (TPSA) is 108 Å². The van der Waals surface area contributed by atoms with Gasteiger partial charge in [0.15, 0.2) is 17.4 Å². The Labute approximate surface area is 169 Å². The number of carbonyl (C=O) groups excluding carboxylic acids is 1. The summed E-state index contributed by atoms with van der Waals surface area (Å²) in [6, 6.07) is 1.77. The van der Waals surface area contributed by atoms with Crippen LogP contribution < -0.4 is 15.4 Å². The zero-order valence-corrected chi connectivity index (χ0v) is 15.1. The smallest absolute Gasteiger partial charge is 0.418 e. The molecule has 0 aliphatic rings. The number of fused-ring (bicyclic) bond motifs is 1. The van der Waals surface area contributed by atoms with Gasteiger partial charge in [0, 0.05) is 36.4 Å². The number of pyridine rings is 1. The van der Waals surface area contributed by atoms with E-state index in [2.05, 4.69) is 30.8 Å². The Kier molecular flexibility index (Phi) is 4.93. The van der Waals surface area contributed by atoms with Crippen molar-refractivity contribution in [2.24, 2.45) is 0 Å². The molecule has 0 unspecified atom stereocenters. The summed E-state index contributed by atoms with van der Waals surface area (Å²) in [4.78, 5) is 18.0. The molecule has 0 aliphatic carbocycles. The van der Waals surface area contributed by atoms with E-state index in [1.807, 2.05) is 0 Å². The zero-order valence-electron chi connectivity index (χ0n) is 15.1. The second-order valence-corrected chi connectivity index (χ2v) is 6.17. The minimum absolute atomic E-state index is 0.167. The van der Waals surface area contributed by atoms with Crippen molar-refractivity contribution >= 4 is 28.4 Å². The molecule has 4 rings (SSSR count). The van der Waals surface area contributed by atoms with Gasteiger partial charge >= 0.3 is 12.2 Å². The molecule has 2 amide bonds. The number of amides is 2. The third-order valence-corrected chi connectivity index (χ3v) is 4.06. The van der Waals surface area contributed by atoms with E-state index in [-0.39, 0.29) is 11.3 Å². The molecule has 3 aromatic heterocycles. The van der Waals surface area contributed by atoms with Crippen molar-refractivity contribution in [3.63, 3.8) is 0 Å². The number of urea groups is 1. The van der Waals surface area contributed by atoms with Crippen molar-refractivity contribution in [2.45, 2.75) is 6.18 Å². The standard InChI is InChI=1S/C18H11F5N6O2/c19-11-3-8(28-17(30)29-9-5-26-27-6-9)4-12(20)15(11)31-13-1-2-24-16-14(13)10(7-25-16)18(21,22)23/h1-7H,(H,24,25)(H,26,27)(H2,28,29,30). The molecule has 1 aromatic carbocycles. The quantitative estimate of drug-likeness (QED) is 0.336. The van der Waals surface area contributed by atoms with Crippen molar-refractivity contribution in [1.82, 2.24) is 20.2 Å². The molecule has 0 fully saturated rings. The number of benzene rings is 1. The van der Waals surface area contributed by atoms with Gasteiger partial charge in [-0.25, -0.2) is 18.6 Å². The van der Waals surface area contributed by atoms with Crippen LogP contribution in [0, 0.1) is 11.6 Å². The average molecular weight is 438 g/mol. The van der Waals surface area contributed by atoms with E-state index in [1.54, 1.807) is 0 Å². The summed E-state index contributed by atoms with van der Waals surface area (Å²) >= 11 is 0. The number of aromatic nitrogens is 4. The number of carbonyl (C=O) groups is 1. The molecule has 0 saturated carbocycles. The van der Waals surface area contributed by atoms with E-state index in [0.717, 1.165) is 24.4 Å². The van der Waals surface area contributed by atoms with Gasteiger partial charge in [0.05, 0.1) is 22.8 Å². The fourth-order valence-electron chi connectivity index (χ4n) is 2.79. The molecule has 0 aliphatic heterocycles. The highest BCUT2D eigenvalue weighted by molar-refractivity contribution is 5.99. The van der Waals surface area contributed by atoms with Crippen molar-refractivity contribution in [1.29, 1.82) is 0 Å².